The number of nitrogens with zero attached hydrogens (tertiary/aromatic N) is 4. The average Bonchev–Trinajstić information content (AvgIpc) is 2.90. The van der Waals surface area contributed by atoms with Gasteiger partial charge in [0.25, 0.3) is 0 Å². The van der Waals surface area contributed by atoms with Gasteiger partial charge < -0.3 is 5.11 Å². The maximum Gasteiger partial charge on any atom is 0.336 e. The van der Waals surface area contributed by atoms with Crippen LogP contribution in [0.1, 0.15) is 21.5 Å². The van der Waals surface area contributed by atoms with Crippen LogP contribution in [0, 0.1) is 6.92 Å². The molecule has 0 fully saturated rings. The highest BCUT2D eigenvalue weighted by atomic mass is 32.1. The van der Waals surface area contributed by atoms with Gasteiger partial charge in [0, 0.05) is 0 Å². The largest absolute Gasteiger partial charge is 0.478 e. The molecule has 0 saturated heterocycles. The Labute approximate surface area is 130 Å². The number of hydrogen-bond acceptors (Lipinski definition) is 6. The lowest BCUT2D eigenvalue weighted by Crippen LogP contribution is -2.00. The lowest BCUT2D eigenvalue weighted by Gasteiger charge is -2.01. The Morgan fingerprint density at radius 3 is 2.95 bits per heavy atom. The fourth-order valence-electron chi connectivity index (χ4n) is 2.07. The van der Waals surface area contributed by atoms with E-state index in [4.69, 9.17) is 5.11 Å². The van der Waals surface area contributed by atoms with Gasteiger partial charge in [0.05, 0.1) is 22.3 Å². The zero-order valence-electron chi connectivity index (χ0n) is 11.7. The summed E-state index contributed by atoms with van der Waals surface area (Å²) in [6.07, 6.45) is 1.46. The highest BCUT2D eigenvalue weighted by Crippen LogP contribution is 2.30. The molecule has 1 aromatic carbocycles. The Hall–Kier alpha value is -2.67. The van der Waals surface area contributed by atoms with Crippen LogP contribution < -0.4 is 0 Å². The minimum absolute atomic E-state index is 0.193. The minimum Gasteiger partial charge on any atom is -0.478 e. The van der Waals surface area contributed by atoms with Gasteiger partial charge in [-0.2, -0.15) is 5.11 Å². The first-order valence-electron chi connectivity index (χ1n) is 6.54. The van der Waals surface area contributed by atoms with Crippen LogP contribution in [0.5, 0.6) is 0 Å². The Morgan fingerprint density at radius 1 is 1.32 bits per heavy atom. The number of carbonyl (C=O) groups is 1. The summed E-state index contributed by atoms with van der Waals surface area (Å²) in [5, 5.41) is 19.4. The van der Waals surface area contributed by atoms with Crippen molar-refractivity contribution in [3.8, 4) is 0 Å². The summed E-state index contributed by atoms with van der Waals surface area (Å²) < 4.78 is 0.885. The molecule has 0 radical (unpaired) electrons. The standard InChI is InChI=1S/C15H12N4O2S/c1-9-7-22-13-12(9)16-8-17-14(13)19-18-6-10-4-2-3-5-11(10)15(20)21/h2-5,7-8H,6H2,1H3,(H,20,21). The van der Waals surface area contributed by atoms with E-state index in [0.29, 0.717) is 11.4 Å². The molecule has 3 rings (SSSR count). The lowest BCUT2D eigenvalue weighted by molar-refractivity contribution is 0.0695. The molecular weight excluding hydrogens is 300 g/mol. The molecular formula is C15H12N4O2S. The van der Waals surface area contributed by atoms with Crippen molar-refractivity contribution in [2.24, 2.45) is 10.2 Å². The summed E-state index contributed by atoms with van der Waals surface area (Å²) in [4.78, 5) is 19.5. The quantitative estimate of drug-likeness (QED) is 0.738. The topological polar surface area (TPSA) is 87.8 Å². The van der Waals surface area contributed by atoms with Crippen molar-refractivity contribution in [2.45, 2.75) is 13.5 Å². The molecule has 0 unspecified atom stereocenters. The van der Waals surface area contributed by atoms with Gasteiger partial charge in [-0.3, -0.25) is 0 Å². The van der Waals surface area contributed by atoms with Gasteiger partial charge in [-0.05, 0) is 29.5 Å². The number of aryl methyl sites for hydroxylation is 1. The van der Waals surface area contributed by atoms with E-state index in [1.807, 2.05) is 12.3 Å². The second-order valence-corrected chi connectivity index (χ2v) is 5.54. The van der Waals surface area contributed by atoms with Gasteiger partial charge in [0.1, 0.15) is 6.33 Å². The molecule has 0 aliphatic rings. The minimum atomic E-state index is -0.968. The number of fused-ring (bicyclic) bond motifs is 1. The Kier molecular flexibility index (Phi) is 3.88. The molecule has 0 saturated carbocycles. The van der Waals surface area contributed by atoms with Crippen molar-refractivity contribution in [1.82, 2.24) is 9.97 Å². The van der Waals surface area contributed by atoms with E-state index in [9.17, 15) is 4.79 Å². The number of aromatic nitrogens is 2. The van der Waals surface area contributed by atoms with Crippen LogP contribution >= 0.6 is 11.3 Å². The third kappa shape index (κ3) is 2.71. The van der Waals surface area contributed by atoms with E-state index in [2.05, 4.69) is 20.2 Å². The number of rotatable bonds is 4. The first kappa shape index (κ1) is 14.3. The van der Waals surface area contributed by atoms with Crippen LogP contribution in [-0.4, -0.2) is 21.0 Å². The summed E-state index contributed by atoms with van der Waals surface area (Å²) in [5.41, 5.74) is 2.81. The van der Waals surface area contributed by atoms with Gasteiger partial charge in [-0.25, -0.2) is 14.8 Å². The number of carboxylic acids is 1. The number of thiophene rings is 1. The fraction of sp³-hybridized carbons (Fsp3) is 0.133. The first-order chi connectivity index (χ1) is 10.7. The maximum atomic E-state index is 11.1. The Bertz CT molecular complexity index is 873. The van der Waals surface area contributed by atoms with Gasteiger partial charge in [0.2, 0.25) is 0 Å². The van der Waals surface area contributed by atoms with Crippen LogP contribution in [0.2, 0.25) is 0 Å². The molecule has 110 valence electrons. The van der Waals surface area contributed by atoms with Crippen molar-refractivity contribution >= 4 is 33.3 Å². The van der Waals surface area contributed by atoms with Gasteiger partial charge in [-0.15, -0.1) is 16.5 Å². The SMILES string of the molecule is Cc1csc2c(N=NCc3ccccc3C(=O)O)ncnc12. The van der Waals surface area contributed by atoms with Crippen molar-refractivity contribution < 1.29 is 9.90 Å². The molecule has 2 aromatic heterocycles. The van der Waals surface area contributed by atoms with Crippen LogP contribution in [-0.2, 0) is 6.54 Å². The molecule has 7 heteroatoms. The summed E-state index contributed by atoms with van der Waals surface area (Å²) in [6.45, 7) is 2.17. The predicted molar refractivity (Wildman–Crippen MR) is 83.8 cm³/mol. The molecule has 0 bridgehead atoms. The normalized spacial score (nSPS) is 11.3. The fourth-order valence-corrected chi connectivity index (χ4v) is 3.00. The Balaban J connectivity index is 1.87. The molecule has 0 spiro atoms. The average molecular weight is 312 g/mol. The molecule has 6 nitrogen and oxygen atoms in total. The van der Waals surface area contributed by atoms with Crippen molar-refractivity contribution in [1.29, 1.82) is 0 Å². The number of azo groups is 1. The molecule has 0 atom stereocenters. The van der Waals surface area contributed by atoms with E-state index in [-0.39, 0.29) is 12.1 Å². The van der Waals surface area contributed by atoms with Gasteiger partial charge in [0.15, 0.2) is 5.82 Å². The number of benzene rings is 1. The van der Waals surface area contributed by atoms with E-state index in [1.54, 1.807) is 24.3 Å². The molecule has 22 heavy (non-hydrogen) atoms. The van der Waals surface area contributed by atoms with Crippen LogP contribution in [0.4, 0.5) is 5.82 Å². The molecule has 0 amide bonds. The second-order valence-electron chi connectivity index (χ2n) is 4.66. The molecule has 2 heterocycles. The van der Waals surface area contributed by atoms with Crippen molar-refractivity contribution in [3.05, 3.63) is 52.7 Å². The zero-order chi connectivity index (χ0) is 15.5. The van der Waals surface area contributed by atoms with Gasteiger partial charge >= 0.3 is 5.97 Å². The van der Waals surface area contributed by atoms with E-state index < -0.39 is 5.97 Å². The lowest BCUT2D eigenvalue weighted by atomic mass is 10.1. The molecule has 1 N–H and O–H groups in total. The highest BCUT2D eigenvalue weighted by molar-refractivity contribution is 7.17. The van der Waals surface area contributed by atoms with Gasteiger partial charge in [-0.1, -0.05) is 18.2 Å². The van der Waals surface area contributed by atoms with E-state index in [0.717, 1.165) is 15.8 Å². The summed E-state index contributed by atoms with van der Waals surface area (Å²) >= 11 is 1.52. The number of aromatic carboxylic acids is 1. The summed E-state index contributed by atoms with van der Waals surface area (Å²) in [5.74, 6) is -0.458. The predicted octanol–water partition coefficient (Wildman–Crippen LogP) is 3.98. The second kappa shape index (κ2) is 5.98. The van der Waals surface area contributed by atoms with Crippen LogP contribution in [0.25, 0.3) is 10.2 Å². The zero-order valence-corrected chi connectivity index (χ0v) is 12.5. The molecule has 0 aliphatic carbocycles. The summed E-state index contributed by atoms with van der Waals surface area (Å²) in [7, 11) is 0. The third-order valence-corrected chi connectivity index (χ3v) is 4.25. The van der Waals surface area contributed by atoms with Crippen LogP contribution in [0.3, 0.4) is 0 Å². The maximum absolute atomic E-state index is 11.1. The third-order valence-electron chi connectivity index (χ3n) is 3.17. The smallest absolute Gasteiger partial charge is 0.336 e. The molecule has 0 aliphatic heterocycles. The first-order valence-corrected chi connectivity index (χ1v) is 7.42. The van der Waals surface area contributed by atoms with Crippen molar-refractivity contribution in [2.75, 3.05) is 0 Å². The van der Waals surface area contributed by atoms with E-state index in [1.165, 1.54) is 17.7 Å². The Morgan fingerprint density at radius 2 is 2.14 bits per heavy atom. The van der Waals surface area contributed by atoms with Crippen LogP contribution in [0.15, 0.2) is 46.2 Å². The number of carboxylic acid groups (broad SMARTS) is 1. The highest BCUT2D eigenvalue weighted by Gasteiger charge is 2.09. The summed E-state index contributed by atoms with van der Waals surface area (Å²) in [6, 6.07) is 6.75. The number of hydrogen-bond donors (Lipinski definition) is 1. The van der Waals surface area contributed by atoms with E-state index >= 15 is 0 Å². The molecule has 3 aromatic rings. The van der Waals surface area contributed by atoms with Crippen molar-refractivity contribution in [3.63, 3.8) is 0 Å². The monoisotopic (exact) mass is 312 g/mol.